The molecule has 98 valence electrons. The van der Waals surface area contributed by atoms with Crippen molar-refractivity contribution in [3.8, 4) is 0 Å². The lowest BCUT2D eigenvalue weighted by atomic mass is 10.1. The average molecular weight is 265 g/mol. The van der Waals surface area contributed by atoms with Gasteiger partial charge in [0, 0.05) is 17.4 Å². The number of hydrogen-bond acceptors (Lipinski definition) is 4. The van der Waals surface area contributed by atoms with Gasteiger partial charge in [-0.3, -0.25) is 4.79 Å². The minimum atomic E-state index is -0.0786. The van der Waals surface area contributed by atoms with E-state index >= 15 is 0 Å². The third-order valence-electron chi connectivity index (χ3n) is 3.06. The summed E-state index contributed by atoms with van der Waals surface area (Å²) in [4.78, 5) is 12.5. The van der Waals surface area contributed by atoms with Crippen LogP contribution < -0.4 is 5.32 Å². The Balaban J connectivity index is 1.97. The second-order valence-corrected chi connectivity index (χ2v) is 5.69. The molecule has 0 saturated carbocycles. The first-order valence-corrected chi connectivity index (χ1v) is 7.25. The monoisotopic (exact) mass is 265 g/mol. The molecule has 18 heavy (non-hydrogen) atoms. The van der Waals surface area contributed by atoms with Crippen molar-refractivity contribution in [2.75, 3.05) is 13.2 Å². The molecule has 0 spiro atoms. The summed E-state index contributed by atoms with van der Waals surface area (Å²) < 4.78 is 4.96. The minimum absolute atomic E-state index is 0.0259. The second kappa shape index (κ2) is 6.25. The maximum absolute atomic E-state index is 11.4. The summed E-state index contributed by atoms with van der Waals surface area (Å²) >= 11 is 1.60. The highest BCUT2D eigenvalue weighted by Crippen LogP contribution is 2.30. The van der Waals surface area contributed by atoms with E-state index < -0.39 is 0 Å². The van der Waals surface area contributed by atoms with Crippen LogP contribution in [-0.4, -0.2) is 24.4 Å². The summed E-state index contributed by atoms with van der Waals surface area (Å²) in [6.45, 7) is 5.78. The summed E-state index contributed by atoms with van der Waals surface area (Å²) in [6, 6.07) is 8.77. The molecule has 0 radical (unpaired) electrons. The Bertz CT molecular complexity index is 405. The summed E-state index contributed by atoms with van der Waals surface area (Å²) in [5, 5.41) is 3.35. The van der Waals surface area contributed by atoms with Gasteiger partial charge in [0.1, 0.15) is 5.25 Å². The van der Waals surface area contributed by atoms with Crippen LogP contribution in [0.15, 0.2) is 29.2 Å². The normalized spacial score (nSPS) is 20.8. The molecular formula is C14H19NO2S. The summed E-state index contributed by atoms with van der Waals surface area (Å²) in [6.07, 6.45) is 0.818. The van der Waals surface area contributed by atoms with Crippen LogP contribution in [0.4, 0.5) is 0 Å². The number of benzene rings is 1. The Kier molecular flexibility index (Phi) is 4.66. The first-order valence-electron chi connectivity index (χ1n) is 6.37. The second-order valence-electron chi connectivity index (χ2n) is 4.41. The van der Waals surface area contributed by atoms with Crippen molar-refractivity contribution in [2.45, 2.75) is 36.5 Å². The Morgan fingerprint density at radius 2 is 2.17 bits per heavy atom. The highest BCUT2D eigenvalue weighted by Gasteiger charge is 2.27. The molecule has 4 heteroatoms. The predicted octanol–water partition coefficient (Wildman–Crippen LogP) is 2.76. The van der Waals surface area contributed by atoms with E-state index in [4.69, 9.17) is 4.74 Å². The van der Waals surface area contributed by atoms with E-state index in [0.717, 1.165) is 17.9 Å². The Morgan fingerprint density at radius 1 is 1.44 bits per heavy atom. The van der Waals surface area contributed by atoms with E-state index in [9.17, 15) is 4.79 Å². The Morgan fingerprint density at radius 3 is 2.72 bits per heavy atom. The molecule has 0 aliphatic carbocycles. The van der Waals surface area contributed by atoms with Gasteiger partial charge in [-0.1, -0.05) is 19.1 Å². The van der Waals surface area contributed by atoms with Gasteiger partial charge < -0.3 is 10.1 Å². The van der Waals surface area contributed by atoms with Crippen LogP contribution in [0.2, 0.25) is 0 Å². The van der Waals surface area contributed by atoms with Crippen molar-refractivity contribution in [1.82, 2.24) is 5.32 Å². The van der Waals surface area contributed by atoms with Crippen molar-refractivity contribution in [1.29, 1.82) is 0 Å². The number of cyclic esters (lactones) is 1. The van der Waals surface area contributed by atoms with Crippen LogP contribution in [0.5, 0.6) is 0 Å². The fourth-order valence-electron chi connectivity index (χ4n) is 2.01. The molecule has 3 nitrogen and oxygen atoms in total. The molecule has 0 bridgehead atoms. The van der Waals surface area contributed by atoms with Gasteiger partial charge in [0.15, 0.2) is 0 Å². The topological polar surface area (TPSA) is 38.3 Å². The first-order chi connectivity index (χ1) is 8.70. The Labute approximate surface area is 112 Å². The molecule has 0 amide bonds. The van der Waals surface area contributed by atoms with Gasteiger partial charge in [0.25, 0.3) is 0 Å². The molecule has 1 saturated heterocycles. The van der Waals surface area contributed by atoms with Crippen molar-refractivity contribution in [3.63, 3.8) is 0 Å². The first kappa shape index (κ1) is 13.4. The predicted molar refractivity (Wildman–Crippen MR) is 73.8 cm³/mol. The molecular weight excluding hydrogens is 246 g/mol. The number of esters is 1. The third-order valence-corrected chi connectivity index (χ3v) is 4.31. The minimum Gasteiger partial charge on any atom is -0.465 e. The standard InChI is InChI=1S/C14H19NO2S/c1-3-15-10(2)11-4-6-12(7-5-11)18-13-8-9-17-14(13)16/h4-7,10,13,15H,3,8-9H2,1-2H3. The van der Waals surface area contributed by atoms with Crippen LogP contribution in [0.25, 0.3) is 0 Å². The SMILES string of the molecule is CCNC(C)c1ccc(SC2CCOC2=O)cc1. The fraction of sp³-hybridized carbons (Fsp3) is 0.500. The maximum Gasteiger partial charge on any atom is 0.319 e. The van der Waals surface area contributed by atoms with E-state index in [1.807, 2.05) is 0 Å². The molecule has 2 atom stereocenters. The molecule has 2 unspecified atom stereocenters. The number of carbonyl (C=O) groups excluding carboxylic acids is 1. The quantitative estimate of drug-likeness (QED) is 0.831. The summed E-state index contributed by atoms with van der Waals surface area (Å²) in [5.74, 6) is -0.0786. The fourth-order valence-corrected chi connectivity index (χ4v) is 3.01. The van der Waals surface area contributed by atoms with Gasteiger partial charge in [-0.25, -0.2) is 0 Å². The van der Waals surface area contributed by atoms with Gasteiger partial charge in [0.05, 0.1) is 6.61 Å². The Hall–Kier alpha value is -1.00. The molecule has 2 rings (SSSR count). The lowest BCUT2D eigenvalue weighted by Crippen LogP contribution is -2.17. The maximum atomic E-state index is 11.4. The molecule has 1 heterocycles. The third kappa shape index (κ3) is 3.27. The van der Waals surface area contributed by atoms with Gasteiger partial charge in [-0.05, 0) is 31.2 Å². The van der Waals surface area contributed by atoms with Crippen LogP contribution in [-0.2, 0) is 9.53 Å². The van der Waals surface area contributed by atoms with Crippen molar-refractivity contribution in [3.05, 3.63) is 29.8 Å². The lowest BCUT2D eigenvalue weighted by Gasteiger charge is -2.13. The largest absolute Gasteiger partial charge is 0.465 e. The van der Waals surface area contributed by atoms with E-state index in [1.165, 1.54) is 5.56 Å². The average Bonchev–Trinajstić information content (AvgIpc) is 2.76. The van der Waals surface area contributed by atoms with Crippen molar-refractivity contribution < 1.29 is 9.53 Å². The van der Waals surface area contributed by atoms with Crippen LogP contribution in [0.3, 0.4) is 0 Å². The summed E-state index contributed by atoms with van der Waals surface area (Å²) in [5.41, 5.74) is 1.27. The number of rotatable bonds is 5. The van der Waals surface area contributed by atoms with Crippen LogP contribution in [0, 0.1) is 0 Å². The highest BCUT2D eigenvalue weighted by atomic mass is 32.2. The molecule has 1 aromatic rings. The van der Waals surface area contributed by atoms with Crippen LogP contribution in [0.1, 0.15) is 31.9 Å². The van der Waals surface area contributed by atoms with E-state index in [-0.39, 0.29) is 11.2 Å². The zero-order valence-corrected chi connectivity index (χ0v) is 11.6. The summed E-state index contributed by atoms with van der Waals surface area (Å²) in [7, 11) is 0. The molecule has 1 aliphatic heterocycles. The molecule has 0 aromatic heterocycles. The van der Waals surface area contributed by atoms with Crippen molar-refractivity contribution >= 4 is 17.7 Å². The van der Waals surface area contributed by atoms with Gasteiger partial charge in [0.2, 0.25) is 0 Å². The number of nitrogens with one attached hydrogen (secondary N) is 1. The number of thioether (sulfide) groups is 1. The van der Waals surface area contributed by atoms with E-state index in [0.29, 0.717) is 12.6 Å². The molecule has 1 N–H and O–H groups in total. The van der Waals surface area contributed by atoms with Gasteiger partial charge in [-0.15, -0.1) is 11.8 Å². The van der Waals surface area contributed by atoms with Crippen LogP contribution >= 0.6 is 11.8 Å². The molecule has 1 fully saturated rings. The zero-order valence-electron chi connectivity index (χ0n) is 10.8. The number of hydrogen-bond donors (Lipinski definition) is 1. The number of ether oxygens (including phenoxy) is 1. The van der Waals surface area contributed by atoms with Gasteiger partial charge >= 0.3 is 5.97 Å². The smallest absolute Gasteiger partial charge is 0.319 e. The molecule has 1 aromatic carbocycles. The van der Waals surface area contributed by atoms with Crippen molar-refractivity contribution in [2.24, 2.45) is 0 Å². The van der Waals surface area contributed by atoms with E-state index in [1.54, 1.807) is 11.8 Å². The van der Waals surface area contributed by atoms with Gasteiger partial charge in [-0.2, -0.15) is 0 Å². The van der Waals surface area contributed by atoms with E-state index in [2.05, 4.69) is 43.4 Å². The highest BCUT2D eigenvalue weighted by molar-refractivity contribution is 8.00. The number of carbonyl (C=O) groups is 1. The zero-order chi connectivity index (χ0) is 13.0. The molecule has 1 aliphatic rings. The lowest BCUT2D eigenvalue weighted by molar-refractivity contribution is -0.137.